The minimum Gasteiger partial charge on any atom is -0.478 e. The van der Waals surface area contributed by atoms with Crippen LogP contribution in [-0.2, 0) is 24.2 Å². The number of ether oxygens (including phenoxy) is 1. The molecule has 0 fully saturated rings. The standard InChI is InChI=1S/C17H20N4O2/c22-17-14(23-13-8-5-4-7-12(13)18-17)11-16-20-19-15-9-3-1-2-6-10-21(15)16/h4-5,7-8,14H,1-3,6,9-11H2,(H,18,22). The zero-order chi connectivity index (χ0) is 15.6. The molecule has 0 aliphatic carbocycles. The van der Waals surface area contributed by atoms with E-state index in [0.717, 1.165) is 43.1 Å². The highest BCUT2D eigenvalue weighted by Gasteiger charge is 2.29. The first kappa shape index (κ1) is 14.2. The van der Waals surface area contributed by atoms with Crippen molar-refractivity contribution in [3.63, 3.8) is 0 Å². The number of nitrogens with zero attached hydrogens (tertiary/aromatic N) is 3. The molecule has 2 aliphatic rings. The molecule has 0 saturated carbocycles. The number of carbonyl (C=O) groups is 1. The molecule has 0 bridgehead atoms. The fourth-order valence-electron chi connectivity index (χ4n) is 3.27. The molecular weight excluding hydrogens is 292 g/mol. The molecule has 0 spiro atoms. The maximum absolute atomic E-state index is 12.3. The normalized spacial score (nSPS) is 20.5. The van der Waals surface area contributed by atoms with E-state index < -0.39 is 6.10 Å². The summed E-state index contributed by atoms with van der Waals surface area (Å²) in [5.41, 5.74) is 0.727. The number of anilines is 1. The molecular formula is C17H20N4O2. The zero-order valence-corrected chi connectivity index (χ0v) is 13.0. The maximum atomic E-state index is 12.3. The molecule has 120 valence electrons. The monoisotopic (exact) mass is 312 g/mol. The number of hydrogen-bond acceptors (Lipinski definition) is 4. The lowest BCUT2D eigenvalue weighted by Gasteiger charge is -2.25. The third-order valence-corrected chi connectivity index (χ3v) is 4.51. The minimum absolute atomic E-state index is 0.119. The zero-order valence-electron chi connectivity index (χ0n) is 13.0. The second-order valence-electron chi connectivity index (χ2n) is 6.14. The van der Waals surface area contributed by atoms with Gasteiger partial charge in [-0.15, -0.1) is 10.2 Å². The van der Waals surface area contributed by atoms with Crippen molar-refractivity contribution in [1.29, 1.82) is 0 Å². The van der Waals surface area contributed by atoms with Crippen LogP contribution in [0.15, 0.2) is 24.3 Å². The van der Waals surface area contributed by atoms with Gasteiger partial charge in [0.25, 0.3) is 5.91 Å². The Kier molecular flexibility index (Phi) is 3.73. The molecule has 2 aromatic rings. The molecule has 1 aromatic carbocycles. The Bertz CT molecular complexity index is 725. The Balaban J connectivity index is 1.56. The smallest absolute Gasteiger partial charge is 0.266 e. The largest absolute Gasteiger partial charge is 0.478 e. The molecule has 1 unspecified atom stereocenters. The molecule has 6 nitrogen and oxygen atoms in total. The molecule has 1 N–H and O–H groups in total. The Labute approximate surface area is 134 Å². The second kappa shape index (κ2) is 6.02. The van der Waals surface area contributed by atoms with Crippen LogP contribution >= 0.6 is 0 Å². The van der Waals surface area contributed by atoms with Gasteiger partial charge in [-0.05, 0) is 25.0 Å². The molecule has 1 amide bonds. The van der Waals surface area contributed by atoms with E-state index in [1.165, 1.54) is 12.8 Å². The number of para-hydroxylation sites is 2. The highest BCUT2D eigenvalue weighted by atomic mass is 16.5. The van der Waals surface area contributed by atoms with E-state index in [-0.39, 0.29) is 5.91 Å². The summed E-state index contributed by atoms with van der Waals surface area (Å²) in [7, 11) is 0. The number of benzene rings is 1. The third-order valence-electron chi connectivity index (χ3n) is 4.51. The quantitative estimate of drug-likeness (QED) is 0.924. The number of aryl methyl sites for hydroxylation is 1. The fraction of sp³-hybridized carbons (Fsp3) is 0.471. The number of aromatic nitrogens is 3. The second-order valence-corrected chi connectivity index (χ2v) is 6.14. The van der Waals surface area contributed by atoms with Crippen LogP contribution in [0.4, 0.5) is 5.69 Å². The SMILES string of the molecule is O=C1Nc2ccccc2OC1Cc1nnc2n1CCCCCC2. The van der Waals surface area contributed by atoms with Crippen LogP contribution in [0.3, 0.4) is 0 Å². The lowest BCUT2D eigenvalue weighted by atomic mass is 10.1. The van der Waals surface area contributed by atoms with Crippen LogP contribution < -0.4 is 10.1 Å². The summed E-state index contributed by atoms with van der Waals surface area (Å²) < 4.78 is 8.05. The van der Waals surface area contributed by atoms with E-state index in [9.17, 15) is 4.79 Å². The Morgan fingerprint density at radius 3 is 3.00 bits per heavy atom. The van der Waals surface area contributed by atoms with Gasteiger partial charge in [-0.25, -0.2) is 0 Å². The fourth-order valence-corrected chi connectivity index (χ4v) is 3.27. The van der Waals surface area contributed by atoms with Crippen molar-refractivity contribution in [2.75, 3.05) is 5.32 Å². The summed E-state index contributed by atoms with van der Waals surface area (Å²) in [5.74, 6) is 2.48. The van der Waals surface area contributed by atoms with Crippen molar-refractivity contribution in [3.05, 3.63) is 35.9 Å². The first-order chi connectivity index (χ1) is 11.3. The molecule has 23 heavy (non-hydrogen) atoms. The Hall–Kier alpha value is -2.37. The van der Waals surface area contributed by atoms with E-state index in [1.807, 2.05) is 24.3 Å². The predicted molar refractivity (Wildman–Crippen MR) is 85.4 cm³/mol. The number of amides is 1. The Morgan fingerprint density at radius 1 is 1.17 bits per heavy atom. The Morgan fingerprint density at radius 2 is 2.04 bits per heavy atom. The maximum Gasteiger partial charge on any atom is 0.266 e. The summed E-state index contributed by atoms with van der Waals surface area (Å²) in [6.45, 7) is 0.933. The number of nitrogens with one attached hydrogen (secondary N) is 1. The lowest BCUT2D eigenvalue weighted by molar-refractivity contribution is -0.123. The molecule has 0 radical (unpaired) electrons. The van der Waals surface area contributed by atoms with Crippen LogP contribution in [0, 0.1) is 0 Å². The molecule has 0 saturated heterocycles. The van der Waals surface area contributed by atoms with Gasteiger partial charge in [0.1, 0.15) is 17.4 Å². The van der Waals surface area contributed by atoms with Gasteiger partial charge in [0, 0.05) is 13.0 Å². The number of rotatable bonds is 2. The van der Waals surface area contributed by atoms with Crippen LogP contribution in [0.25, 0.3) is 0 Å². The predicted octanol–water partition coefficient (Wildman–Crippen LogP) is 2.34. The number of fused-ring (bicyclic) bond motifs is 2. The van der Waals surface area contributed by atoms with Gasteiger partial charge in [-0.3, -0.25) is 4.79 Å². The highest BCUT2D eigenvalue weighted by Crippen LogP contribution is 2.29. The van der Waals surface area contributed by atoms with Gasteiger partial charge in [-0.2, -0.15) is 0 Å². The van der Waals surface area contributed by atoms with Crippen LogP contribution in [0.5, 0.6) is 5.75 Å². The van der Waals surface area contributed by atoms with Gasteiger partial charge in [0.2, 0.25) is 0 Å². The average Bonchev–Trinajstić information content (AvgIpc) is 2.89. The topological polar surface area (TPSA) is 69.0 Å². The van der Waals surface area contributed by atoms with Crippen molar-refractivity contribution in [1.82, 2.24) is 14.8 Å². The van der Waals surface area contributed by atoms with E-state index >= 15 is 0 Å². The first-order valence-electron chi connectivity index (χ1n) is 8.29. The van der Waals surface area contributed by atoms with Crippen LogP contribution in [-0.4, -0.2) is 26.8 Å². The van der Waals surface area contributed by atoms with Gasteiger partial charge in [0.15, 0.2) is 6.10 Å². The van der Waals surface area contributed by atoms with Gasteiger partial charge in [-0.1, -0.05) is 25.0 Å². The van der Waals surface area contributed by atoms with Crippen molar-refractivity contribution in [3.8, 4) is 5.75 Å². The third kappa shape index (κ3) is 2.81. The molecule has 1 aromatic heterocycles. The van der Waals surface area contributed by atoms with Crippen LogP contribution in [0.1, 0.15) is 37.3 Å². The van der Waals surface area contributed by atoms with Gasteiger partial charge >= 0.3 is 0 Å². The molecule has 2 aliphatic heterocycles. The summed E-state index contributed by atoms with van der Waals surface area (Å²) >= 11 is 0. The summed E-state index contributed by atoms with van der Waals surface area (Å²) in [6, 6.07) is 7.50. The van der Waals surface area contributed by atoms with Gasteiger partial charge < -0.3 is 14.6 Å². The molecule has 6 heteroatoms. The highest BCUT2D eigenvalue weighted by molar-refractivity contribution is 5.97. The van der Waals surface area contributed by atoms with E-state index in [1.54, 1.807) is 0 Å². The molecule has 1 atom stereocenters. The van der Waals surface area contributed by atoms with E-state index in [2.05, 4.69) is 20.1 Å². The van der Waals surface area contributed by atoms with E-state index in [4.69, 9.17) is 4.74 Å². The first-order valence-corrected chi connectivity index (χ1v) is 8.29. The van der Waals surface area contributed by atoms with E-state index in [0.29, 0.717) is 12.2 Å². The average molecular weight is 312 g/mol. The van der Waals surface area contributed by atoms with Crippen LogP contribution in [0.2, 0.25) is 0 Å². The number of carbonyl (C=O) groups excluding carboxylic acids is 1. The van der Waals surface area contributed by atoms with Gasteiger partial charge in [0.05, 0.1) is 12.1 Å². The summed E-state index contributed by atoms with van der Waals surface area (Å²) in [5, 5.41) is 11.5. The summed E-state index contributed by atoms with van der Waals surface area (Å²) in [4.78, 5) is 12.3. The van der Waals surface area contributed by atoms with Crippen molar-refractivity contribution >= 4 is 11.6 Å². The molecule has 3 heterocycles. The van der Waals surface area contributed by atoms with Crippen molar-refractivity contribution in [2.24, 2.45) is 0 Å². The summed E-state index contributed by atoms with van der Waals surface area (Å²) in [6.07, 6.45) is 5.66. The molecule has 4 rings (SSSR count). The van der Waals surface area contributed by atoms with Crippen molar-refractivity contribution in [2.45, 2.75) is 51.2 Å². The number of hydrogen-bond donors (Lipinski definition) is 1. The minimum atomic E-state index is -0.552. The van der Waals surface area contributed by atoms with Crippen molar-refractivity contribution < 1.29 is 9.53 Å². The lowest BCUT2D eigenvalue weighted by Crippen LogP contribution is -2.39.